The van der Waals surface area contributed by atoms with Crippen molar-refractivity contribution in [3.8, 4) is 5.75 Å². The van der Waals surface area contributed by atoms with Crippen molar-refractivity contribution < 1.29 is 29.3 Å². The van der Waals surface area contributed by atoms with Gasteiger partial charge >= 0.3 is 6.09 Å². The number of carbonyl (C=O) groups is 2. The number of amides is 2. The molecular formula is C25H22N4O6. The highest BCUT2D eigenvalue weighted by Crippen LogP contribution is 2.45. The molecule has 5 rings (SSSR count). The Bertz CT molecular complexity index is 1430. The van der Waals surface area contributed by atoms with Crippen molar-refractivity contribution in [2.45, 2.75) is 5.72 Å². The number of anilines is 2. The molecule has 4 N–H and O–H groups in total. The van der Waals surface area contributed by atoms with Crippen LogP contribution in [0.15, 0.2) is 66.7 Å². The molecule has 1 aliphatic rings. The van der Waals surface area contributed by atoms with Gasteiger partial charge in [-0.1, -0.05) is 30.3 Å². The standard InChI is InChI=1S/C25H22N4O6/c1-34-11-12-35-17-6-4-5-16(14-17)29-22(30)18-7-2-3-8-19(18)25(29,33)15-9-10-20-21(13-15)27-23(26-20)28-24(31)32/h2-10,13-14,33H,11-12H2,1H3,(H,31,32)(H2,26,27,28). The zero-order chi connectivity index (χ0) is 24.6. The van der Waals surface area contributed by atoms with Crippen LogP contribution in [0.4, 0.5) is 16.4 Å². The molecule has 35 heavy (non-hydrogen) atoms. The summed E-state index contributed by atoms with van der Waals surface area (Å²) in [4.78, 5) is 32.9. The number of hydrogen-bond acceptors (Lipinski definition) is 6. The Morgan fingerprint density at radius 3 is 2.74 bits per heavy atom. The Kier molecular flexibility index (Phi) is 5.59. The molecule has 10 heteroatoms. The number of carboxylic acid groups (broad SMARTS) is 1. The first-order chi connectivity index (χ1) is 16.9. The highest BCUT2D eigenvalue weighted by molar-refractivity contribution is 6.12. The van der Waals surface area contributed by atoms with Crippen molar-refractivity contribution in [2.75, 3.05) is 30.5 Å². The number of methoxy groups -OCH3 is 1. The van der Waals surface area contributed by atoms with Gasteiger partial charge in [0.2, 0.25) is 5.95 Å². The molecule has 3 aromatic carbocycles. The van der Waals surface area contributed by atoms with Gasteiger partial charge in [-0.25, -0.2) is 9.78 Å². The van der Waals surface area contributed by atoms with Gasteiger partial charge in [0.25, 0.3) is 5.91 Å². The largest absolute Gasteiger partial charge is 0.491 e. The molecule has 178 valence electrons. The van der Waals surface area contributed by atoms with Crippen LogP contribution in [0.3, 0.4) is 0 Å². The predicted octanol–water partition coefficient (Wildman–Crippen LogP) is 3.53. The lowest BCUT2D eigenvalue weighted by Crippen LogP contribution is -2.45. The fourth-order valence-corrected chi connectivity index (χ4v) is 4.29. The predicted molar refractivity (Wildman–Crippen MR) is 128 cm³/mol. The van der Waals surface area contributed by atoms with E-state index in [1.165, 1.54) is 4.90 Å². The number of nitrogens with one attached hydrogen (secondary N) is 2. The summed E-state index contributed by atoms with van der Waals surface area (Å²) >= 11 is 0. The van der Waals surface area contributed by atoms with Crippen LogP contribution in [0.5, 0.6) is 5.75 Å². The molecule has 1 aromatic heterocycles. The lowest BCUT2D eigenvalue weighted by Gasteiger charge is -2.35. The molecule has 0 bridgehead atoms. The molecule has 1 unspecified atom stereocenters. The SMILES string of the molecule is COCCOc1cccc(N2C(=O)c3ccccc3C2(O)c2ccc3nc(NC(=O)O)[nH]c3c2)c1. The molecule has 0 saturated carbocycles. The first-order valence-electron chi connectivity index (χ1n) is 10.8. The third-order valence-electron chi connectivity index (χ3n) is 5.80. The first-order valence-corrected chi connectivity index (χ1v) is 10.8. The second-order valence-corrected chi connectivity index (χ2v) is 7.94. The van der Waals surface area contributed by atoms with Gasteiger partial charge in [-0.05, 0) is 30.3 Å². The number of aromatic amines is 1. The van der Waals surface area contributed by atoms with E-state index in [9.17, 15) is 14.7 Å². The Hall–Kier alpha value is -4.41. The molecule has 0 aliphatic carbocycles. The van der Waals surface area contributed by atoms with Crippen molar-refractivity contribution in [2.24, 2.45) is 0 Å². The van der Waals surface area contributed by atoms with Crippen LogP contribution < -0.4 is 15.0 Å². The lowest BCUT2D eigenvalue weighted by atomic mass is 9.93. The van der Waals surface area contributed by atoms with Gasteiger partial charge in [0.05, 0.1) is 23.3 Å². The summed E-state index contributed by atoms with van der Waals surface area (Å²) in [6.45, 7) is 0.743. The maximum Gasteiger partial charge on any atom is 0.411 e. The van der Waals surface area contributed by atoms with Crippen molar-refractivity contribution in [3.63, 3.8) is 0 Å². The molecule has 1 aliphatic heterocycles. The summed E-state index contributed by atoms with van der Waals surface area (Å²) in [7, 11) is 1.58. The van der Waals surface area contributed by atoms with E-state index in [2.05, 4.69) is 15.3 Å². The summed E-state index contributed by atoms with van der Waals surface area (Å²) in [5, 5.41) is 23.4. The van der Waals surface area contributed by atoms with Gasteiger partial charge in [0, 0.05) is 29.9 Å². The number of nitrogens with zero attached hydrogens (tertiary/aromatic N) is 2. The van der Waals surface area contributed by atoms with Crippen molar-refractivity contribution >= 4 is 34.7 Å². The van der Waals surface area contributed by atoms with Crippen LogP contribution in [0, 0.1) is 0 Å². The van der Waals surface area contributed by atoms with E-state index in [0.29, 0.717) is 52.4 Å². The monoisotopic (exact) mass is 474 g/mol. The third kappa shape index (κ3) is 3.84. The fraction of sp³-hybridized carbons (Fsp3) is 0.160. The van der Waals surface area contributed by atoms with Crippen LogP contribution in [0.2, 0.25) is 0 Å². The molecule has 0 fully saturated rings. The molecular weight excluding hydrogens is 452 g/mol. The number of fused-ring (bicyclic) bond motifs is 2. The van der Waals surface area contributed by atoms with Crippen LogP contribution in [-0.4, -0.2) is 52.5 Å². The summed E-state index contributed by atoms with van der Waals surface area (Å²) in [6, 6.07) is 18.8. The highest BCUT2D eigenvalue weighted by Gasteiger charge is 2.50. The number of ether oxygens (including phenoxy) is 2. The molecule has 2 heterocycles. The van der Waals surface area contributed by atoms with E-state index in [1.54, 1.807) is 73.8 Å². The molecule has 1 atom stereocenters. The van der Waals surface area contributed by atoms with Crippen LogP contribution in [0.1, 0.15) is 21.5 Å². The maximum atomic E-state index is 13.6. The van der Waals surface area contributed by atoms with E-state index >= 15 is 0 Å². The van der Waals surface area contributed by atoms with Gasteiger partial charge in [0.15, 0.2) is 5.72 Å². The smallest absolute Gasteiger partial charge is 0.411 e. The minimum Gasteiger partial charge on any atom is -0.491 e. The van der Waals surface area contributed by atoms with Crippen molar-refractivity contribution in [1.82, 2.24) is 9.97 Å². The topological polar surface area (TPSA) is 137 Å². The summed E-state index contributed by atoms with van der Waals surface area (Å²) < 4.78 is 10.7. The number of H-pyrrole nitrogens is 1. The average molecular weight is 474 g/mol. The summed E-state index contributed by atoms with van der Waals surface area (Å²) in [6.07, 6.45) is -1.25. The van der Waals surface area contributed by atoms with E-state index in [4.69, 9.17) is 14.6 Å². The van der Waals surface area contributed by atoms with Gasteiger partial charge in [0.1, 0.15) is 12.4 Å². The fourth-order valence-electron chi connectivity index (χ4n) is 4.29. The second kappa shape index (κ2) is 8.75. The Balaban J connectivity index is 1.62. The third-order valence-corrected chi connectivity index (χ3v) is 5.80. The number of benzene rings is 3. The van der Waals surface area contributed by atoms with E-state index in [-0.39, 0.29) is 11.9 Å². The molecule has 4 aromatic rings. The summed E-state index contributed by atoms with van der Waals surface area (Å²) in [5.41, 5.74) is 0.809. The zero-order valence-corrected chi connectivity index (χ0v) is 18.7. The van der Waals surface area contributed by atoms with Gasteiger partial charge in [-0.2, -0.15) is 0 Å². The molecule has 0 spiro atoms. The number of carbonyl (C=O) groups excluding carboxylic acids is 1. The van der Waals surface area contributed by atoms with Gasteiger partial charge in [-0.15, -0.1) is 0 Å². The molecule has 0 saturated heterocycles. The van der Waals surface area contributed by atoms with Crippen LogP contribution >= 0.6 is 0 Å². The minimum absolute atomic E-state index is 0.0531. The van der Waals surface area contributed by atoms with Crippen LogP contribution in [0.25, 0.3) is 11.0 Å². The normalized spacial score (nSPS) is 17.0. The number of hydrogen-bond donors (Lipinski definition) is 4. The number of aromatic nitrogens is 2. The van der Waals surface area contributed by atoms with Gasteiger partial charge < -0.3 is 24.7 Å². The zero-order valence-electron chi connectivity index (χ0n) is 18.7. The molecule has 0 radical (unpaired) electrons. The van der Waals surface area contributed by atoms with E-state index in [0.717, 1.165) is 0 Å². The highest BCUT2D eigenvalue weighted by atomic mass is 16.5. The number of aliphatic hydroxyl groups is 1. The Morgan fingerprint density at radius 2 is 1.94 bits per heavy atom. The quantitative estimate of drug-likeness (QED) is 0.301. The summed E-state index contributed by atoms with van der Waals surface area (Å²) in [5.74, 6) is 0.214. The molecule has 2 amide bonds. The van der Waals surface area contributed by atoms with Gasteiger partial charge in [-0.3, -0.25) is 15.0 Å². The Labute approximate surface area is 199 Å². The number of imidazole rings is 1. The lowest BCUT2D eigenvalue weighted by molar-refractivity contribution is 0.0703. The second-order valence-electron chi connectivity index (χ2n) is 7.94. The first kappa shape index (κ1) is 22.4. The van der Waals surface area contributed by atoms with Crippen molar-refractivity contribution in [3.05, 3.63) is 83.4 Å². The van der Waals surface area contributed by atoms with E-state index < -0.39 is 11.8 Å². The molecule has 10 nitrogen and oxygen atoms in total. The Morgan fingerprint density at radius 1 is 1.11 bits per heavy atom. The van der Waals surface area contributed by atoms with Crippen molar-refractivity contribution in [1.29, 1.82) is 0 Å². The van der Waals surface area contributed by atoms with Crippen LogP contribution in [-0.2, 0) is 10.5 Å². The van der Waals surface area contributed by atoms with E-state index in [1.807, 2.05) is 0 Å². The average Bonchev–Trinajstić information content (AvgIpc) is 3.35. The minimum atomic E-state index is -1.83. The number of rotatable bonds is 7. The maximum absolute atomic E-state index is 13.6.